The quantitative estimate of drug-likeness (QED) is 0.144. The lowest BCUT2D eigenvalue weighted by Crippen LogP contribution is -1.80. The molecule has 0 atom stereocenters. The monoisotopic (exact) mass is 410 g/mol. The van der Waals surface area contributed by atoms with E-state index in [0.717, 1.165) is 0 Å². The minimum absolute atomic E-state index is 1.34. The maximum absolute atomic E-state index is 2.46. The van der Waals surface area contributed by atoms with Crippen LogP contribution in [0.2, 0.25) is 0 Å². The second-order valence-electron chi connectivity index (χ2n) is 6.29. The summed E-state index contributed by atoms with van der Waals surface area (Å²) in [6.45, 7) is 6.81. The Morgan fingerprint density at radius 3 is 0.857 bits per heavy atom. The molecule has 0 nitrogen and oxygen atoms in total. The Morgan fingerprint density at radius 1 is 0.381 bits per heavy atom. The predicted octanol–water partition coefficient (Wildman–Crippen LogP) is 8.71. The smallest absolute Gasteiger partial charge is 0.000473 e. The molecule has 0 N–H and O–H groups in total. The molecule has 0 amide bonds. The summed E-state index contributed by atoms with van der Waals surface area (Å²) in [5.41, 5.74) is 0. The molecule has 0 bridgehead atoms. The van der Waals surface area contributed by atoms with Gasteiger partial charge >= 0.3 is 0 Å². The molecule has 0 unspecified atom stereocenters. The second-order valence-corrected chi connectivity index (χ2v) is 7.36. The van der Waals surface area contributed by atoms with E-state index in [4.69, 9.17) is 0 Å². The van der Waals surface area contributed by atoms with Crippen LogP contribution in [0.15, 0.2) is 0 Å². The fraction of sp³-hybridized carbons (Fsp3) is 1.00. The Balaban J connectivity index is 0. The van der Waals surface area contributed by atoms with Crippen LogP contribution in [-0.2, 0) is 0 Å². The van der Waals surface area contributed by atoms with E-state index in [1.165, 1.54) is 107 Å². The van der Waals surface area contributed by atoms with Gasteiger partial charge in [-0.25, -0.2) is 0 Å². The molecule has 0 aliphatic heterocycles. The number of alkyl halides is 1. The summed E-state index contributed by atoms with van der Waals surface area (Å²) in [6.07, 6.45) is 23.0. The predicted molar refractivity (Wildman–Crippen MR) is 110 cm³/mol. The van der Waals surface area contributed by atoms with Crippen LogP contribution < -0.4 is 0 Å². The van der Waals surface area contributed by atoms with Crippen LogP contribution in [0.5, 0.6) is 0 Å². The molecule has 0 radical (unpaired) electrons. The Morgan fingerprint density at radius 2 is 0.619 bits per heavy atom. The van der Waals surface area contributed by atoms with Gasteiger partial charge in [0.25, 0.3) is 0 Å². The van der Waals surface area contributed by atoms with Crippen molar-refractivity contribution in [3.05, 3.63) is 0 Å². The zero-order valence-electron chi connectivity index (χ0n) is 15.4. The Hall–Kier alpha value is 0.730. The fourth-order valence-corrected chi connectivity index (χ4v) is 2.97. The van der Waals surface area contributed by atoms with Crippen LogP contribution in [-0.4, -0.2) is 4.43 Å². The number of hydrogen-bond acceptors (Lipinski definition) is 0. The number of unbranched alkanes of at least 4 members (excludes halogenated alkanes) is 14. The van der Waals surface area contributed by atoms with Gasteiger partial charge < -0.3 is 0 Å². The summed E-state index contributed by atoms with van der Waals surface area (Å²) in [5, 5.41) is 0. The molecule has 0 spiro atoms. The number of hydrogen-bond donors (Lipinski definition) is 0. The zero-order valence-corrected chi connectivity index (χ0v) is 17.6. The molecule has 21 heavy (non-hydrogen) atoms. The first kappa shape index (κ1) is 24.0. The molecule has 0 heterocycles. The second kappa shape index (κ2) is 25.7. The van der Waals surface area contributed by atoms with Gasteiger partial charge in [0.2, 0.25) is 0 Å². The standard InChI is InChI=1S/C10H21I.C10H22/c1-2-3-4-5-6-7-8-9-10-11;1-3-5-7-9-10-8-6-4-2/h2-10H2,1H3;3-10H2,1-2H3. The van der Waals surface area contributed by atoms with Crippen molar-refractivity contribution in [3.63, 3.8) is 0 Å². The summed E-state index contributed by atoms with van der Waals surface area (Å²) in [6, 6.07) is 0. The topological polar surface area (TPSA) is 0 Å². The molecule has 0 aliphatic carbocycles. The minimum Gasteiger partial charge on any atom is -0.0864 e. The summed E-state index contributed by atoms with van der Waals surface area (Å²) in [5.74, 6) is 0. The molecule has 0 saturated heterocycles. The van der Waals surface area contributed by atoms with Crippen molar-refractivity contribution in [1.82, 2.24) is 0 Å². The lowest BCUT2D eigenvalue weighted by molar-refractivity contribution is 0.585. The van der Waals surface area contributed by atoms with Gasteiger partial charge in [0.15, 0.2) is 0 Å². The largest absolute Gasteiger partial charge is 0.0864 e. The van der Waals surface area contributed by atoms with E-state index in [9.17, 15) is 0 Å². The average Bonchev–Trinajstić information content (AvgIpc) is 2.51. The van der Waals surface area contributed by atoms with Gasteiger partial charge in [0.05, 0.1) is 0 Å². The molecule has 0 saturated carbocycles. The van der Waals surface area contributed by atoms with Crippen LogP contribution in [0.1, 0.15) is 124 Å². The van der Waals surface area contributed by atoms with Crippen LogP contribution in [0.25, 0.3) is 0 Å². The van der Waals surface area contributed by atoms with Crippen molar-refractivity contribution >= 4 is 22.6 Å². The summed E-state index contributed by atoms with van der Waals surface area (Å²) in [7, 11) is 0. The van der Waals surface area contributed by atoms with Crippen molar-refractivity contribution in [1.29, 1.82) is 0 Å². The third kappa shape index (κ3) is 29.4. The molecular formula is C20H43I. The van der Waals surface area contributed by atoms with Crippen molar-refractivity contribution in [2.45, 2.75) is 124 Å². The van der Waals surface area contributed by atoms with E-state index < -0.39 is 0 Å². The molecular weight excluding hydrogens is 367 g/mol. The van der Waals surface area contributed by atoms with Gasteiger partial charge in [-0.05, 0) is 10.8 Å². The molecule has 130 valence electrons. The molecule has 0 fully saturated rings. The average molecular weight is 410 g/mol. The molecule has 0 aromatic rings. The first-order valence-electron chi connectivity index (χ1n) is 9.89. The van der Waals surface area contributed by atoms with Gasteiger partial charge in [-0.15, -0.1) is 0 Å². The highest BCUT2D eigenvalue weighted by Crippen LogP contribution is 2.09. The highest BCUT2D eigenvalue weighted by atomic mass is 127. The Labute approximate surface area is 150 Å². The lowest BCUT2D eigenvalue weighted by Gasteiger charge is -1.98. The molecule has 0 aliphatic rings. The first-order chi connectivity index (χ1) is 10.3. The van der Waals surface area contributed by atoms with Crippen molar-refractivity contribution in [2.24, 2.45) is 0 Å². The normalized spacial score (nSPS) is 10.3. The zero-order chi connectivity index (χ0) is 16.0. The summed E-state index contributed by atoms with van der Waals surface area (Å²) < 4.78 is 1.34. The third-order valence-corrected chi connectivity index (χ3v) is 4.71. The maximum atomic E-state index is 2.46. The maximum Gasteiger partial charge on any atom is -0.000473 e. The van der Waals surface area contributed by atoms with Crippen molar-refractivity contribution in [3.8, 4) is 0 Å². The van der Waals surface area contributed by atoms with Gasteiger partial charge in [0, 0.05) is 0 Å². The number of rotatable bonds is 15. The Bertz CT molecular complexity index is 129. The van der Waals surface area contributed by atoms with Gasteiger partial charge in [-0.2, -0.15) is 0 Å². The van der Waals surface area contributed by atoms with Crippen LogP contribution >= 0.6 is 22.6 Å². The van der Waals surface area contributed by atoms with Crippen molar-refractivity contribution in [2.75, 3.05) is 4.43 Å². The van der Waals surface area contributed by atoms with Crippen molar-refractivity contribution < 1.29 is 0 Å². The number of halogens is 1. The Kier molecular flexibility index (Phi) is 29.3. The van der Waals surface area contributed by atoms with E-state index in [1.54, 1.807) is 0 Å². The van der Waals surface area contributed by atoms with Gasteiger partial charge in [-0.1, -0.05) is 140 Å². The van der Waals surface area contributed by atoms with E-state index >= 15 is 0 Å². The highest BCUT2D eigenvalue weighted by molar-refractivity contribution is 14.1. The van der Waals surface area contributed by atoms with E-state index in [1.807, 2.05) is 0 Å². The highest BCUT2D eigenvalue weighted by Gasteiger charge is 1.89. The van der Waals surface area contributed by atoms with Gasteiger partial charge in [-0.3, -0.25) is 0 Å². The first-order valence-corrected chi connectivity index (χ1v) is 11.4. The van der Waals surface area contributed by atoms with Crippen LogP contribution in [0.3, 0.4) is 0 Å². The summed E-state index contributed by atoms with van der Waals surface area (Å²) in [4.78, 5) is 0. The fourth-order valence-electron chi connectivity index (χ4n) is 2.44. The van der Waals surface area contributed by atoms with E-state index in [0.29, 0.717) is 0 Å². The summed E-state index contributed by atoms with van der Waals surface area (Å²) >= 11 is 2.46. The molecule has 0 aromatic heterocycles. The van der Waals surface area contributed by atoms with Crippen LogP contribution in [0.4, 0.5) is 0 Å². The SMILES string of the molecule is CCCCCCCCCC.CCCCCCCCCCI. The third-order valence-electron chi connectivity index (χ3n) is 3.94. The van der Waals surface area contributed by atoms with Gasteiger partial charge in [0.1, 0.15) is 0 Å². The van der Waals surface area contributed by atoms with E-state index in [2.05, 4.69) is 43.4 Å². The van der Waals surface area contributed by atoms with E-state index in [-0.39, 0.29) is 0 Å². The van der Waals surface area contributed by atoms with Crippen LogP contribution in [0, 0.1) is 0 Å². The molecule has 1 heteroatoms. The molecule has 0 rings (SSSR count). The lowest BCUT2D eigenvalue weighted by atomic mass is 10.1. The minimum atomic E-state index is 1.34. The molecule has 0 aromatic carbocycles.